The van der Waals surface area contributed by atoms with Crippen LogP contribution in [0, 0.1) is 10.1 Å². The van der Waals surface area contributed by atoms with Gasteiger partial charge in [0.25, 0.3) is 0 Å². The number of carbonyl (C=O) groups is 1. The summed E-state index contributed by atoms with van der Waals surface area (Å²) in [5, 5.41) is 13.7. The lowest BCUT2D eigenvalue weighted by Crippen LogP contribution is -2.33. The molecule has 102 valence electrons. The van der Waals surface area contributed by atoms with Gasteiger partial charge in [0, 0.05) is 13.1 Å². The molecule has 1 fully saturated rings. The first kappa shape index (κ1) is 13.1. The van der Waals surface area contributed by atoms with E-state index in [4.69, 9.17) is 5.73 Å². The number of nitro benzene ring substituents is 1. The first-order valence-corrected chi connectivity index (χ1v) is 6.14. The first-order chi connectivity index (χ1) is 9.09. The smallest absolute Gasteiger partial charge is 0.314 e. The monoisotopic (exact) mass is 264 g/mol. The van der Waals surface area contributed by atoms with E-state index in [-0.39, 0.29) is 29.5 Å². The van der Waals surface area contributed by atoms with Crippen LogP contribution in [0.25, 0.3) is 0 Å². The Morgan fingerprint density at radius 1 is 1.42 bits per heavy atom. The third-order valence-corrected chi connectivity index (χ3v) is 3.14. The molecule has 1 saturated heterocycles. The number of para-hydroxylation sites is 1. The van der Waals surface area contributed by atoms with Gasteiger partial charge < -0.3 is 16.0 Å². The Labute approximate surface area is 110 Å². The SMILES string of the molecule is Nc1cccc(NCC(=O)N2CCCC2)c1[N+](=O)[O-]. The summed E-state index contributed by atoms with van der Waals surface area (Å²) in [6, 6.07) is 4.63. The number of carbonyl (C=O) groups excluding carboxylic acids is 1. The van der Waals surface area contributed by atoms with E-state index < -0.39 is 4.92 Å². The molecular formula is C12H16N4O3. The number of hydrogen-bond donors (Lipinski definition) is 2. The molecule has 3 N–H and O–H groups in total. The predicted molar refractivity (Wildman–Crippen MR) is 71.8 cm³/mol. The molecule has 19 heavy (non-hydrogen) atoms. The molecule has 7 heteroatoms. The lowest BCUT2D eigenvalue weighted by Gasteiger charge is -2.16. The van der Waals surface area contributed by atoms with Gasteiger partial charge in [0.1, 0.15) is 11.4 Å². The van der Waals surface area contributed by atoms with E-state index in [0.717, 1.165) is 25.9 Å². The van der Waals surface area contributed by atoms with Gasteiger partial charge in [0.15, 0.2) is 0 Å². The summed E-state index contributed by atoms with van der Waals surface area (Å²) in [5.74, 6) is -0.0470. The van der Waals surface area contributed by atoms with Crippen molar-refractivity contribution in [1.29, 1.82) is 0 Å². The minimum atomic E-state index is -0.544. The Morgan fingerprint density at radius 2 is 2.11 bits per heavy atom. The number of hydrogen-bond acceptors (Lipinski definition) is 5. The molecule has 1 aliphatic heterocycles. The molecule has 7 nitrogen and oxygen atoms in total. The minimum Gasteiger partial charge on any atom is -0.393 e. The number of amides is 1. The molecule has 0 unspecified atom stereocenters. The molecule has 1 aliphatic rings. The molecule has 2 rings (SSSR count). The van der Waals surface area contributed by atoms with Gasteiger partial charge in [-0.05, 0) is 25.0 Å². The largest absolute Gasteiger partial charge is 0.393 e. The highest BCUT2D eigenvalue weighted by Gasteiger charge is 2.21. The summed E-state index contributed by atoms with van der Waals surface area (Å²) in [7, 11) is 0. The molecule has 0 aliphatic carbocycles. The van der Waals surface area contributed by atoms with E-state index in [1.165, 1.54) is 6.07 Å². The maximum atomic E-state index is 11.8. The van der Waals surface area contributed by atoms with E-state index in [9.17, 15) is 14.9 Å². The number of benzene rings is 1. The van der Waals surface area contributed by atoms with E-state index in [1.807, 2.05) is 0 Å². The van der Waals surface area contributed by atoms with Gasteiger partial charge in [0.05, 0.1) is 11.5 Å². The Balaban J connectivity index is 2.05. The summed E-state index contributed by atoms with van der Waals surface area (Å²) in [4.78, 5) is 24.0. The lowest BCUT2D eigenvalue weighted by molar-refractivity contribution is -0.383. The average molecular weight is 264 g/mol. The van der Waals surface area contributed by atoms with Crippen molar-refractivity contribution in [3.05, 3.63) is 28.3 Å². The van der Waals surface area contributed by atoms with Crippen molar-refractivity contribution in [3.63, 3.8) is 0 Å². The van der Waals surface area contributed by atoms with Crippen LogP contribution in [0.4, 0.5) is 17.1 Å². The molecule has 0 aromatic heterocycles. The van der Waals surface area contributed by atoms with Gasteiger partial charge in [0.2, 0.25) is 5.91 Å². The van der Waals surface area contributed by atoms with Gasteiger partial charge in [-0.2, -0.15) is 0 Å². The van der Waals surface area contributed by atoms with Crippen LogP contribution in [-0.2, 0) is 4.79 Å². The fourth-order valence-corrected chi connectivity index (χ4v) is 2.16. The Hall–Kier alpha value is -2.31. The summed E-state index contributed by atoms with van der Waals surface area (Å²) < 4.78 is 0. The van der Waals surface area contributed by atoms with Crippen molar-refractivity contribution in [2.45, 2.75) is 12.8 Å². The molecule has 0 spiro atoms. The summed E-state index contributed by atoms with van der Waals surface area (Å²) in [6.45, 7) is 1.57. The van der Waals surface area contributed by atoms with Crippen LogP contribution in [0.5, 0.6) is 0 Å². The molecule has 0 atom stereocenters. The van der Waals surface area contributed by atoms with Crippen LogP contribution in [0.15, 0.2) is 18.2 Å². The number of nitrogens with zero attached hydrogens (tertiary/aromatic N) is 2. The van der Waals surface area contributed by atoms with Crippen molar-refractivity contribution in [1.82, 2.24) is 4.90 Å². The average Bonchev–Trinajstić information content (AvgIpc) is 2.89. The second-order valence-corrected chi connectivity index (χ2v) is 4.44. The number of nitrogen functional groups attached to an aromatic ring is 1. The minimum absolute atomic E-state index is 0.0459. The van der Waals surface area contributed by atoms with Crippen LogP contribution in [0.2, 0.25) is 0 Å². The molecular weight excluding hydrogens is 248 g/mol. The van der Waals surface area contributed by atoms with Crippen LogP contribution in [-0.4, -0.2) is 35.4 Å². The zero-order valence-corrected chi connectivity index (χ0v) is 10.5. The third-order valence-electron chi connectivity index (χ3n) is 3.14. The third kappa shape index (κ3) is 2.93. The fraction of sp³-hybridized carbons (Fsp3) is 0.417. The van der Waals surface area contributed by atoms with Gasteiger partial charge in [-0.15, -0.1) is 0 Å². The normalized spacial score (nSPS) is 14.4. The van der Waals surface area contributed by atoms with Crippen molar-refractivity contribution < 1.29 is 9.72 Å². The molecule has 1 aromatic rings. The molecule has 1 aromatic carbocycles. The van der Waals surface area contributed by atoms with Gasteiger partial charge in [-0.1, -0.05) is 6.07 Å². The number of anilines is 2. The number of likely N-dealkylation sites (tertiary alicyclic amines) is 1. The van der Waals surface area contributed by atoms with E-state index in [2.05, 4.69) is 5.32 Å². The van der Waals surface area contributed by atoms with Gasteiger partial charge in [-0.3, -0.25) is 14.9 Å². The van der Waals surface area contributed by atoms with Crippen LogP contribution in [0.3, 0.4) is 0 Å². The molecule has 1 heterocycles. The van der Waals surface area contributed by atoms with Crippen LogP contribution >= 0.6 is 0 Å². The molecule has 1 amide bonds. The Kier molecular flexibility index (Phi) is 3.84. The topological polar surface area (TPSA) is 102 Å². The second kappa shape index (κ2) is 5.55. The predicted octanol–water partition coefficient (Wildman–Crippen LogP) is 1.21. The van der Waals surface area contributed by atoms with E-state index in [1.54, 1.807) is 17.0 Å². The first-order valence-electron chi connectivity index (χ1n) is 6.14. The second-order valence-electron chi connectivity index (χ2n) is 4.44. The highest BCUT2D eigenvalue weighted by molar-refractivity contribution is 5.83. The zero-order valence-electron chi connectivity index (χ0n) is 10.5. The maximum Gasteiger partial charge on any atom is 0.314 e. The number of rotatable bonds is 4. The van der Waals surface area contributed by atoms with Crippen LogP contribution in [0.1, 0.15) is 12.8 Å². The van der Waals surface area contributed by atoms with E-state index >= 15 is 0 Å². The highest BCUT2D eigenvalue weighted by Crippen LogP contribution is 2.30. The highest BCUT2D eigenvalue weighted by atomic mass is 16.6. The van der Waals surface area contributed by atoms with Gasteiger partial charge in [-0.25, -0.2) is 0 Å². The van der Waals surface area contributed by atoms with E-state index in [0.29, 0.717) is 0 Å². The van der Waals surface area contributed by atoms with Crippen molar-refractivity contribution in [3.8, 4) is 0 Å². The molecule has 0 radical (unpaired) electrons. The quantitative estimate of drug-likeness (QED) is 0.483. The number of nitrogens with two attached hydrogens (primary N) is 1. The van der Waals surface area contributed by atoms with Crippen LogP contribution < -0.4 is 11.1 Å². The Bertz CT molecular complexity index is 498. The summed E-state index contributed by atoms with van der Waals surface area (Å²) in [5.41, 5.74) is 5.75. The fourth-order valence-electron chi connectivity index (χ4n) is 2.16. The maximum absolute atomic E-state index is 11.8. The summed E-state index contributed by atoms with van der Waals surface area (Å²) in [6.07, 6.45) is 2.04. The van der Waals surface area contributed by atoms with Gasteiger partial charge >= 0.3 is 5.69 Å². The number of nitro groups is 1. The zero-order chi connectivity index (χ0) is 13.8. The lowest BCUT2D eigenvalue weighted by atomic mass is 10.2. The summed E-state index contributed by atoms with van der Waals surface area (Å²) >= 11 is 0. The molecule has 0 saturated carbocycles. The van der Waals surface area contributed by atoms with Crippen molar-refractivity contribution in [2.75, 3.05) is 30.7 Å². The Morgan fingerprint density at radius 3 is 2.74 bits per heavy atom. The standard InChI is InChI=1S/C12H16N4O3/c13-9-4-3-5-10(12(9)16(18)19)14-8-11(17)15-6-1-2-7-15/h3-5,14H,1-2,6-8,13H2. The van der Waals surface area contributed by atoms with Crippen molar-refractivity contribution >= 4 is 23.0 Å². The molecule has 0 bridgehead atoms. The van der Waals surface area contributed by atoms with Crippen molar-refractivity contribution in [2.24, 2.45) is 0 Å². The number of nitrogens with one attached hydrogen (secondary N) is 1.